The van der Waals surface area contributed by atoms with Crippen molar-refractivity contribution in [3.63, 3.8) is 0 Å². The van der Waals surface area contributed by atoms with Crippen LogP contribution in [0.15, 0.2) is 47.5 Å². The van der Waals surface area contributed by atoms with Crippen LogP contribution in [-0.2, 0) is 11.8 Å². The lowest BCUT2D eigenvalue weighted by molar-refractivity contribution is -0.274. The molecule has 2 atom stereocenters. The van der Waals surface area contributed by atoms with Gasteiger partial charge in [-0.3, -0.25) is 14.3 Å². The lowest BCUT2D eigenvalue weighted by atomic mass is 10.1. The van der Waals surface area contributed by atoms with E-state index in [9.17, 15) is 27.9 Å². The molecule has 1 amide bonds. The molecule has 33 heavy (non-hydrogen) atoms. The number of nitrogens with zero attached hydrogens (tertiary/aromatic N) is 4. The summed E-state index contributed by atoms with van der Waals surface area (Å²) in [4.78, 5) is 25.9. The van der Waals surface area contributed by atoms with Gasteiger partial charge in [-0.15, -0.1) is 13.2 Å². The van der Waals surface area contributed by atoms with Crippen molar-refractivity contribution in [1.29, 1.82) is 0 Å². The number of ether oxygens (including phenoxy) is 2. The van der Waals surface area contributed by atoms with Crippen LogP contribution in [0.25, 0.3) is 16.9 Å². The van der Waals surface area contributed by atoms with E-state index in [2.05, 4.69) is 20.3 Å². The van der Waals surface area contributed by atoms with Gasteiger partial charge in [0.1, 0.15) is 17.0 Å². The Morgan fingerprint density at radius 3 is 2.58 bits per heavy atom. The highest BCUT2D eigenvalue weighted by Crippen LogP contribution is 2.26. The fourth-order valence-electron chi connectivity index (χ4n) is 3.25. The summed E-state index contributed by atoms with van der Waals surface area (Å²) in [6.45, 7) is 0.140. The zero-order valence-electron chi connectivity index (χ0n) is 17.1. The van der Waals surface area contributed by atoms with E-state index in [1.807, 2.05) is 0 Å². The third-order valence-electron chi connectivity index (χ3n) is 4.84. The smallest absolute Gasteiger partial charge is 0.406 e. The number of halogens is 3. The Balaban J connectivity index is 1.74. The van der Waals surface area contributed by atoms with Crippen LogP contribution < -0.4 is 15.6 Å². The van der Waals surface area contributed by atoms with Gasteiger partial charge in [0.25, 0.3) is 11.5 Å². The first-order chi connectivity index (χ1) is 15.6. The number of aromatic nitrogens is 4. The molecule has 1 aromatic carbocycles. The van der Waals surface area contributed by atoms with Crippen molar-refractivity contribution in [1.82, 2.24) is 24.9 Å². The van der Waals surface area contributed by atoms with Crippen LogP contribution >= 0.6 is 0 Å². The molecule has 0 saturated carbocycles. The Labute approximate surface area is 184 Å². The van der Waals surface area contributed by atoms with E-state index < -0.39 is 35.7 Å². The van der Waals surface area contributed by atoms with Crippen molar-refractivity contribution in [3.05, 3.63) is 58.6 Å². The number of carbonyl (C=O) groups is 1. The molecule has 1 aliphatic rings. The molecule has 1 fully saturated rings. The highest BCUT2D eigenvalue weighted by molar-refractivity contribution is 5.95. The van der Waals surface area contributed by atoms with E-state index in [-0.39, 0.29) is 30.2 Å². The normalized spacial score (nSPS) is 18.3. The molecule has 1 aliphatic heterocycles. The summed E-state index contributed by atoms with van der Waals surface area (Å²) in [5.41, 5.74) is -0.265. The first kappa shape index (κ1) is 22.5. The van der Waals surface area contributed by atoms with Crippen LogP contribution in [0.3, 0.4) is 0 Å². The molecule has 0 unspecified atom stereocenters. The summed E-state index contributed by atoms with van der Waals surface area (Å²) in [6.07, 6.45) is -2.88. The quantitative estimate of drug-likeness (QED) is 0.577. The second kappa shape index (κ2) is 8.67. The van der Waals surface area contributed by atoms with Crippen molar-refractivity contribution < 1.29 is 32.5 Å². The van der Waals surface area contributed by atoms with Crippen molar-refractivity contribution in [2.45, 2.75) is 18.5 Å². The average Bonchev–Trinajstić information content (AvgIpc) is 3.35. The number of alkyl halides is 3. The molecule has 2 aromatic heterocycles. The minimum Gasteiger partial charge on any atom is -0.406 e. The Hall–Kier alpha value is -3.71. The maximum absolute atomic E-state index is 13.0. The first-order valence-corrected chi connectivity index (χ1v) is 9.67. The van der Waals surface area contributed by atoms with Crippen LogP contribution in [0.2, 0.25) is 0 Å². The van der Waals surface area contributed by atoms with Crippen molar-refractivity contribution in [2.75, 3.05) is 13.2 Å². The fraction of sp³-hybridized carbons (Fsp3) is 0.300. The monoisotopic (exact) mass is 465 g/mol. The number of benzene rings is 1. The fourth-order valence-corrected chi connectivity index (χ4v) is 3.25. The standard InChI is InChI=1S/C20H18F3N5O5/c1-27-8-12(7-24-27)28-19(31)14(18(30)25-16-9-32-10-17(16)29)6-15(26-28)11-2-4-13(5-3-11)33-20(21,22)23/h2-8,16-17,29H,9-10H2,1H3,(H,25,30)/t16-,17+/m1/s1. The molecule has 1 saturated heterocycles. The average molecular weight is 465 g/mol. The molecular weight excluding hydrogens is 447 g/mol. The number of hydrogen-bond acceptors (Lipinski definition) is 7. The van der Waals surface area contributed by atoms with E-state index >= 15 is 0 Å². The highest BCUT2D eigenvalue weighted by atomic mass is 19.4. The lowest BCUT2D eigenvalue weighted by Crippen LogP contribution is -2.44. The molecule has 0 radical (unpaired) electrons. The number of aliphatic hydroxyl groups is 1. The van der Waals surface area contributed by atoms with Gasteiger partial charge in [-0.25, -0.2) is 0 Å². The second-order valence-electron chi connectivity index (χ2n) is 7.29. The van der Waals surface area contributed by atoms with Crippen LogP contribution in [0, 0.1) is 0 Å². The van der Waals surface area contributed by atoms with Crippen molar-refractivity contribution in [3.8, 4) is 22.7 Å². The number of amides is 1. The second-order valence-corrected chi connectivity index (χ2v) is 7.29. The van der Waals surface area contributed by atoms with Gasteiger partial charge in [0.05, 0.1) is 43.4 Å². The number of hydrogen-bond donors (Lipinski definition) is 2. The van der Waals surface area contributed by atoms with Crippen molar-refractivity contribution in [2.24, 2.45) is 7.05 Å². The van der Waals surface area contributed by atoms with Crippen LogP contribution in [0.5, 0.6) is 5.75 Å². The number of carbonyl (C=O) groups excluding carboxylic acids is 1. The summed E-state index contributed by atoms with van der Waals surface area (Å²) in [5.74, 6) is -1.19. The summed E-state index contributed by atoms with van der Waals surface area (Å²) < 4.78 is 48.7. The number of aryl methyl sites for hydroxylation is 1. The third kappa shape index (κ3) is 5.04. The van der Waals surface area contributed by atoms with Gasteiger partial charge < -0.3 is 19.9 Å². The van der Waals surface area contributed by atoms with E-state index in [0.29, 0.717) is 5.56 Å². The molecule has 0 spiro atoms. The zero-order valence-corrected chi connectivity index (χ0v) is 17.1. The molecule has 10 nitrogen and oxygen atoms in total. The van der Waals surface area contributed by atoms with Gasteiger partial charge in [0.2, 0.25) is 0 Å². The first-order valence-electron chi connectivity index (χ1n) is 9.67. The van der Waals surface area contributed by atoms with E-state index in [1.54, 1.807) is 7.05 Å². The summed E-state index contributed by atoms with van der Waals surface area (Å²) in [7, 11) is 1.63. The Morgan fingerprint density at radius 1 is 1.27 bits per heavy atom. The third-order valence-corrected chi connectivity index (χ3v) is 4.84. The largest absolute Gasteiger partial charge is 0.573 e. The molecule has 0 aliphatic carbocycles. The SMILES string of the molecule is Cn1cc(-n2nc(-c3ccc(OC(F)(F)F)cc3)cc(C(=O)N[C@@H]3COC[C@@H]3O)c2=O)cn1. The van der Waals surface area contributed by atoms with E-state index in [4.69, 9.17) is 4.74 Å². The minimum atomic E-state index is -4.84. The Kier molecular flexibility index (Phi) is 5.91. The predicted octanol–water partition coefficient (Wildman–Crippen LogP) is 1.02. The molecular formula is C20H18F3N5O5. The van der Waals surface area contributed by atoms with Crippen LogP contribution in [-0.4, -0.2) is 62.3 Å². The Bertz CT molecular complexity index is 1220. The Morgan fingerprint density at radius 2 is 2.00 bits per heavy atom. The van der Waals surface area contributed by atoms with Gasteiger partial charge in [-0.2, -0.15) is 14.9 Å². The molecule has 3 aromatic rings. The highest BCUT2D eigenvalue weighted by Gasteiger charge is 2.31. The number of aliphatic hydroxyl groups excluding tert-OH is 1. The van der Waals surface area contributed by atoms with Gasteiger partial charge in [0, 0.05) is 12.6 Å². The molecule has 4 rings (SSSR count). The van der Waals surface area contributed by atoms with Gasteiger partial charge in [-0.1, -0.05) is 0 Å². The maximum atomic E-state index is 13.0. The molecule has 174 valence electrons. The van der Waals surface area contributed by atoms with E-state index in [1.165, 1.54) is 35.3 Å². The van der Waals surface area contributed by atoms with Gasteiger partial charge in [0.15, 0.2) is 0 Å². The summed E-state index contributed by atoms with van der Waals surface area (Å²) in [5, 5.41) is 20.7. The topological polar surface area (TPSA) is 121 Å². The molecule has 13 heteroatoms. The number of nitrogens with one attached hydrogen (secondary N) is 1. The summed E-state index contributed by atoms with van der Waals surface area (Å²) >= 11 is 0. The molecule has 0 bridgehead atoms. The van der Waals surface area contributed by atoms with E-state index in [0.717, 1.165) is 16.8 Å². The zero-order chi connectivity index (χ0) is 23.8. The molecule has 2 N–H and O–H groups in total. The van der Waals surface area contributed by atoms with Gasteiger partial charge in [-0.05, 0) is 30.3 Å². The van der Waals surface area contributed by atoms with Gasteiger partial charge >= 0.3 is 6.36 Å². The summed E-state index contributed by atoms with van der Waals surface area (Å²) in [6, 6.07) is 5.35. The molecule has 3 heterocycles. The maximum Gasteiger partial charge on any atom is 0.573 e. The van der Waals surface area contributed by atoms with Crippen LogP contribution in [0.4, 0.5) is 13.2 Å². The van der Waals surface area contributed by atoms with Crippen LogP contribution in [0.1, 0.15) is 10.4 Å². The minimum absolute atomic E-state index is 0.0544. The van der Waals surface area contributed by atoms with Crippen molar-refractivity contribution >= 4 is 5.91 Å². The number of rotatable bonds is 5. The predicted molar refractivity (Wildman–Crippen MR) is 107 cm³/mol. The lowest BCUT2D eigenvalue weighted by Gasteiger charge is -2.15.